The van der Waals surface area contributed by atoms with E-state index in [4.69, 9.17) is 23.2 Å². The van der Waals surface area contributed by atoms with Crippen molar-refractivity contribution >= 4 is 29.1 Å². The van der Waals surface area contributed by atoms with Gasteiger partial charge in [-0.3, -0.25) is 4.79 Å². The molecule has 0 unspecified atom stereocenters. The minimum absolute atomic E-state index is 0.0129. The minimum atomic E-state index is -0.197. The number of carbonyl (C=O) groups is 1. The average molecular weight is 382 g/mol. The van der Waals surface area contributed by atoms with Gasteiger partial charge in [0.15, 0.2) is 0 Å². The Morgan fingerprint density at radius 1 is 0.846 bits per heavy atom. The maximum Gasteiger partial charge on any atom is 0.254 e. The molecule has 0 aliphatic carbocycles. The fourth-order valence-corrected chi connectivity index (χ4v) is 3.94. The van der Waals surface area contributed by atoms with Crippen LogP contribution in [0.5, 0.6) is 0 Å². The van der Waals surface area contributed by atoms with E-state index in [0.29, 0.717) is 22.2 Å². The number of carbonyl (C=O) groups excluding carboxylic acids is 1. The van der Waals surface area contributed by atoms with E-state index in [1.165, 1.54) is 5.56 Å². The lowest BCUT2D eigenvalue weighted by Crippen LogP contribution is -2.40. The molecule has 130 valence electrons. The molecule has 1 aliphatic heterocycles. The molecule has 3 aromatic carbocycles. The summed E-state index contributed by atoms with van der Waals surface area (Å²) in [6.07, 6.45) is 0.830. The standard InChI is InChI=1S/C22H17Cl2NO/c23-17-11-9-16(10-12-17)22(26)25-14-13-15-5-1-2-6-18(15)21(25)19-7-3-4-8-20(19)24/h1-12,21H,13-14H2/t21-/m0/s1. The highest BCUT2D eigenvalue weighted by Gasteiger charge is 2.33. The SMILES string of the molecule is O=C(c1ccc(Cl)cc1)N1CCc2ccccc2[C@H]1c1ccccc1Cl. The largest absolute Gasteiger partial charge is 0.327 e. The Bertz CT molecular complexity index is 952. The topological polar surface area (TPSA) is 20.3 Å². The maximum atomic E-state index is 13.3. The molecule has 1 atom stereocenters. The van der Waals surface area contributed by atoms with E-state index in [2.05, 4.69) is 12.1 Å². The molecule has 1 heterocycles. The second kappa shape index (κ2) is 7.14. The quantitative estimate of drug-likeness (QED) is 0.550. The monoisotopic (exact) mass is 381 g/mol. The van der Waals surface area contributed by atoms with Crippen LogP contribution < -0.4 is 0 Å². The summed E-state index contributed by atoms with van der Waals surface area (Å²) in [5.74, 6) is -0.0129. The number of rotatable bonds is 2. The van der Waals surface area contributed by atoms with Gasteiger partial charge in [0.25, 0.3) is 5.91 Å². The number of amides is 1. The lowest BCUT2D eigenvalue weighted by molar-refractivity contribution is 0.0694. The van der Waals surface area contributed by atoms with Crippen LogP contribution >= 0.6 is 23.2 Å². The van der Waals surface area contributed by atoms with Crippen molar-refractivity contribution in [2.45, 2.75) is 12.5 Å². The van der Waals surface area contributed by atoms with Crippen LogP contribution in [-0.4, -0.2) is 17.4 Å². The molecule has 0 aromatic heterocycles. The molecule has 4 heteroatoms. The first kappa shape index (κ1) is 17.1. The highest BCUT2D eigenvalue weighted by atomic mass is 35.5. The number of hydrogen-bond acceptors (Lipinski definition) is 1. The molecule has 2 nitrogen and oxygen atoms in total. The third-order valence-electron chi connectivity index (χ3n) is 4.84. The molecule has 1 amide bonds. The fraction of sp³-hybridized carbons (Fsp3) is 0.136. The van der Waals surface area contributed by atoms with Crippen LogP contribution in [0.3, 0.4) is 0 Å². The predicted octanol–water partition coefficient (Wildman–Crippen LogP) is 5.78. The van der Waals surface area contributed by atoms with Gasteiger partial charge >= 0.3 is 0 Å². The molecule has 4 rings (SSSR count). The zero-order valence-corrected chi connectivity index (χ0v) is 15.5. The second-order valence-electron chi connectivity index (χ2n) is 6.38. The molecule has 0 spiro atoms. The van der Waals surface area contributed by atoms with E-state index in [1.807, 2.05) is 41.3 Å². The number of nitrogens with zero attached hydrogens (tertiary/aromatic N) is 1. The van der Waals surface area contributed by atoms with Gasteiger partial charge in [0, 0.05) is 22.2 Å². The smallest absolute Gasteiger partial charge is 0.254 e. The first-order valence-corrected chi connectivity index (χ1v) is 9.29. The van der Waals surface area contributed by atoms with Crippen molar-refractivity contribution in [1.29, 1.82) is 0 Å². The van der Waals surface area contributed by atoms with Crippen LogP contribution in [0.25, 0.3) is 0 Å². The molecule has 1 aliphatic rings. The van der Waals surface area contributed by atoms with E-state index in [-0.39, 0.29) is 11.9 Å². The van der Waals surface area contributed by atoms with Crippen LogP contribution in [0.1, 0.15) is 33.1 Å². The van der Waals surface area contributed by atoms with Crippen molar-refractivity contribution in [3.63, 3.8) is 0 Å². The van der Waals surface area contributed by atoms with E-state index < -0.39 is 0 Å². The number of fused-ring (bicyclic) bond motifs is 1. The van der Waals surface area contributed by atoms with Crippen molar-refractivity contribution < 1.29 is 4.79 Å². The van der Waals surface area contributed by atoms with Gasteiger partial charge in [0.05, 0.1) is 6.04 Å². The van der Waals surface area contributed by atoms with Crippen molar-refractivity contribution in [2.75, 3.05) is 6.54 Å². The van der Waals surface area contributed by atoms with Gasteiger partial charge in [0.2, 0.25) is 0 Å². The number of halogens is 2. The zero-order chi connectivity index (χ0) is 18.1. The van der Waals surface area contributed by atoms with E-state index in [9.17, 15) is 4.79 Å². The molecule has 0 radical (unpaired) electrons. The fourth-order valence-electron chi connectivity index (χ4n) is 3.58. The van der Waals surface area contributed by atoms with Crippen molar-refractivity contribution in [3.05, 3.63) is 105 Å². The van der Waals surface area contributed by atoms with Gasteiger partial charge in [-0.15, -0.1) is 0 Å². The Labute approximate surface area is 163 Å². The van der Waals surface area contributed by atoms with Gasteiger partial charge in [-0.2, -0.15) is 0 Å². The highest BCUT2D eigenvalue weighted by Crippen LogP contribution is 2.38. The normalized spacial score (nSPS) is 16.2. The summed E-state index contributed by atoms with van der Waals surface area (Å²) >= 11 is 12.5. The van der Waals surface area contributed by atoms with Gasteiger partial charge in [-0.05, 0) is 53.4 Å². The summed E-state index contributed by atoms with van der Waals surface area (Å²) in [6, 6.07) is 22.9. The molecule has 0 fully saturated rings. The van der Waals surface area contributed by atoms with Crippen LogP contribution in [0.15, 0.2) is 72.8 Å². The average Bonchev–Trinajstić information content (AvgIpc) is 2.68. The summed E-state index contributed by atoms with van der Waals surface area (Å²) in [7, 11) is 0. The Morgan fingerprint density at radius 2 is 1.50 bits per heavy atom. The zero-order valence-electron chi connectivity index (χ0n) is 14.0. The van der Waals surface area contributed by atoms with Crippen molar-refractivity contribution in [3.8, 4) is 0 Å². The first-order valence-electron chi connectivity index (χ1n) is 8.54. The molecular formula is C22H17Cl2NO. The highest BCUT2D eigenvalue weighted by molar-refractivity contribution is 6.31. The first-order chi connectivity index (χ1) is 12.6. The minimum Gasteiger partial charge on any atom is -0.327 e. The molecule has 0 N–H and O–H groups in total. The Hall–Kier alpha value is -2.29. The van der Waals surface area contributed by atoms with E-state index >= 15 is 0 Å². The third kappa shape index (κ3) is 3.11. The van der Waals surface area contributed by atoms with Gasteiger partial charge in [-0.25, -0.2) is 0 Å². The maximum absolute atomic E-state index is 13.3. The lowest BCUT2D eigenvalue weighted by Gasteiger charge is -2.38. The second-order valence-corrected chi connectivity index (χ2v) is 7.22. The predicted molar refractivity (Wildman–Crippen MR) is 106 cm³/mol. The summed E-state index contributed by atoms with van der Waals surface area (Å²) in [5, 5.41) is 1.29. The van der Waals surface area contributed by atoms with Crippen molar-refractivity contribution in [2.24, 2.45) is 0 Å². The number of hydrogen-bond donors (Lipinski definition) is 0. The molecule has 0 saturated heterocycles. The van der Waals surface area contributed by atoms with Crippen LogP contribution in [0.4, 0.5) is 0 Å². The summed E-state index contributed by atoms with van der Waals surface area (Å²) in [6.45, 7) is 0.647. The van der Waals surface area contributed by atoms with Gasteiger partial charge < -0.3 is 4.90 Å². The Kier molecular flexibility index (Phi) is 4.71. The van der Waals surface area contributed by atoms with Gasteiger partial charge in [-0.1, -0.05) is 65.7 Å². The summed E-state index contributed by atoms with van der Waals surface area (Å²) in [4.78, 5) is 15.2. The molecule has 26 heavy (non-hydrogen) atoms. The molecule has 3 aromatic rings. The Morgan fingerprint density at radius 3 is 2.23 bits per heavy atom. The van der Waals surface area contributed by atoms with Crippen molar-refractivity contribution in [1.82, 2.24) is 4.90 Å². The number of benzene rings is 3. The van der Waals surface area contributed by atoms with Gasteiger partial charge in [0.1, 0.15) is 0 Å². The Balaban J connectivity index is 1.82. The lowest BCUT2D eigenvalue weighted by atomic mass is 9.87. The third-order valence-corrected chi connectivity index (χ3v) is 5.43. The molecule has 0 bridgehead atoms. The van der Waals surface area contributed by atoms with Crippen LogP contribution in [0, 0.1) is 0 Å². The summed E-state index contributed by atoms with van der Waals surface area (Å²) in [5.41, 5.74) is 3.97. The summed E-state index contributed by atoms with van der Waals surface area (Å²) < 4.78 is 0. The van der Waals surface area contributed by atoms with E-state index in [1.54, 1.807) is 24.3 Å². The van der Waals surface area contributed by atoms with Crippen LogP contribution in [0.2, 0.25) is 10.0 Å². The van der Waals surface area contributed by atoms with Crippen LogP contribution in [-0.2, 0) is 6.42 Å². The molecule has 0 saturated carbocycles. The molecular weight excluding hydrogens is 365 g/mol. The van der Waals surface area contributed by atoms with E-state index in [0.717, 1.165) is 17.5 Å².